The Morgan fingerprint density at radius 1 is 1.21 bits per heavy atom. The average Bonchev–Trinajstić information content (AvgIpc) is 3.14. The number of hydrogen-bond donors (Lipinski definition) is 1. The Morgan fingerprint density at radius 3 is 2.71 bits per heavy atom. The van der Waals surface area contributed by atoms with Gasteiger partial charge in [-0.2, -0.15) is 10.2 Å². The lowest BCUT2D eigenvalue weighted by atomic mass is 10.1. The van der Waals surface area contributed by atoms with E-state index in [4.69, 9.17) is 0 Å². The molecule has 0 amide bonds. The standard InChI is InChI=1S/C18H24N6/c1-13(2)17-16(12-24(4)22-17)11-23(3)10-15-9-20-21-18(15)14-6-5-7-19-8-14/h5-9,12-13H,10-11H2,1-4H3,(H,20,21). The van der Waals surface area contributed by atoms with Crippen molar-refractivity contribution in [3.63, 3.8) is 0 Å². The van der Waals surface area contributed by atoms with Gasteiger partial charge in [-0.25, -0.2) is 0 Å². The molecule has 0 radical (unpaired) electrons. The Balaban J connectivity index is 1.75. The summed E-state index contributed by atoms with van der Waals surface area (Å²) < 4.78 is 1.90. The van der Waals surface area contributed by atoms with Crippen molar-refractivity contribution in [3.05, 3.63) is 53.7 Å². The third-order valence-corrected chi connectivity index (χ3v) is 4.03. The van der Waals surface area contributed by atoms with Gasteiger partial charge in [0.25, 0.3) is 0 Å². The third kappa shape index (κ3) is 3.54. The van der Waals surface area contributed by atoms with Crippen LogP contribution in [0.1, 0.15) is 36.6 Å². The molecule has 0 aromatic carbocycles. The van der Waals surface area contributed by atoms with Crippen LogP contribution in [-0.4, -0.2) is 36.9 Å². The van der Waals surface area contributed by atoms with Crippen molar-refractivity contribution in [3.8, 4) is 11.3 Å². The molecule has 0 aliphatic rings. The van der Waals surface area contributed by atoms with Crippen LogP contribution in [-0.2, 0) is 20.1 Å². The maximum Gasteiger partial charge on any atom is 0.0710 e. The van der Waals surface area contributed by atoms with E-state index < -0.39 is 0 Å². The number of aromatic amines is 1. The fourth-order valence-electron chi connectivity index (χ4n) is 2.99. The van der Waals surface area contributed by atoms with Gasteiger partial charge in [-0.3, -0.25) is 19.7 Å². The average molecular weight is 324 g/mol. The SMILES string of the molecule is CC(C)c1nn(C)cc1CN(C)Cc1cn[nH]c1-c1cccnc1. The highest BCUT2D eigenvalue weighted by Crippen LogP contribution is 2.23. The van der Waals surface area contributed by atoms with Gasteiger partial charge in [-0.05, 0) is 25.1 Å². The monoisotopic (exact) mass is 324 g/mol. The summed E-state index contributed by atoms with van der Waals surface area (Å²) in [6, 6.07) is 3.98. The molecule has 6 heteroatoms. The van der Waals surface area contributed by atoms with Crippen molar-refractivity contribution < 1.29 is 0 Å². The molecular weight excluding hydrogens is 300 g/mol. The first-order chi connectivity index (χ1) is 11.5. The number of aromatic nitrogens is 5. The molecule has 0 fully saturated rings. The van der Waals surface area contributed by atoms with E-state index in [9.17, 15) is 0 Å². The molecule has 0 saturated heterocycles. The first kappa shape index (κ1) is 16.4. The van der Waals surface area contributed by atoms with E-state index in [1.54, 1.807) is 6.20 Å². The van der Waals surface area contributed by atoms with Gasteiger partial charge in [-0.1, -0.05) is 13.8 Å². The van der Waals surface area contributed by atoms with Gasteiger partial charge in [0.05, 0.1) is 17.6 Å². The molecule has 0 spiro atoms. The Morgan fingerprint density at radius 2 is 2.00 bits per heavy atom. The fourth-order valence-corrected chi connectivity index (χ4v) is 2.99. The molecule has 3 aromatic heterocycles. The summed E-state index contributed by atoms with van der Waals surface area (Å²) in [5.74, 6) is 0.425. The van der Waals surface area contributed by atoms with E-state index in [-0.39, 0.29) is 0 Å². The predicted molar refractivity (Wildman–Crippen MR) is 94.3 cm³/mol. The third-order valence-electron chi connectivity index (χ3n) is 4.03. The van der Waals surface area contributed by atoms with Crippen LogP contribution >= 0.6 is 0 Å². The smallest absolute Gasteiger partial charge is 0.0710 e. The number of nitrogens with zero attached hydrogens (tertiary/aromatic N) is 5. The molecule has 0 bridgehead atoms. The Bertz CT molecular complexity index is 787. The summed E-state index contributed by atoms with van der Waals surface area (Å²) in [6.07, 6.45) is 7.64. The van der Waals surface area contributed by atoms with Crippen LogP contribution in [0.4, 0.5) is 0 Å². The molecule has 0 unspecified atom stereocenters. The van der Waals surface area contributed by atoms with Gasteiger partial charge in [0.15, 0.2) is 0 Å². The molecular formula is C18H24N6. The second-order valence-electron chi connectivity index (χ2n) is 6.55. The second-order valence-corrected chi connectivity index (χ2v) is 6.55. The molecule has 1 N–H and O–H groups in total. The summed E-state index contributed by atoms with van der Waals surface area (Å²) in [5.41, 5.74) is 5.71. The second kappa shape index (κ2) is 6.97. The summed E-state index contributed by atoms with van der Waals surface area (Å²) >= 11 is 0. The highest BCUT2D eigenvalue weighted by atomic mass is 15.3. The minimum atomic E-state index is 0.425. The summed E-state index contributed by atoms with van der Waals surface area (Å²) in [4.78, 5) is 6.48. The normalized spacial score (nSPS) is 11.6. The molecule has 126 valence electrons. The Kier molecular flexibility index (Phi) is 4.76. The molecule has 24 heavy (non-hydrogen) atoms. The molecule has 3 rings (SSSR count). The van der Waals surface area contributed by atoms with Gasteiger partial charge in [0, 0.05) is 55.4 Å². The number of pyridine rings is 1. The van der Waals surface area contributed by atoms with Crippen molar-refractivity contribution in [2.24, 2.45) is 7.05 Å². The number of hydrogen-bond acceptors (Lipinski definition) is 4. The summed E-state index contributed by atoms with van der Waals surface area (Å²) in [7, 11) is 4.10. The lowest BCUT2D eigenvalue weighted by Crippen LogP contribution is -2.18. The molecule has 6 nitrogen and oxygen atoms in total. The van der Waals surface area contributed by atoms with Gasteiger partial charge < -0.3 is 0 Å². The molecule has 0 aliphatic carbocycles. The largest absolute Gasteiger partial charge is 0.298 e. The van der Waals surface area contributed by atoms with E-state index in [0.29, 0.717) is 5.92 Å². The highest BCUT2D eigenvalue weighted by molar-refractivity contribution is 5.61. The van der Waals surface area contributed by atoms with Crippen LogP contribution in [0.2, 0.25) is 0 Å². The zero-order valence-electron chi connectivity index (χ0n) is 14.7. The van der Waals surface area contributed by atoms with Gasteiger partial charge in [-0.15, -0.1) is 0 Å². The Labute approximate surface area is 142 Å². The molecule has 3 aromatic rings. The first-order valence-corrected chi connectivity index (χ1v) is 8.18. The number of H-pyrrole nitrogens is 1. The lowest BCUT2D eigenvalue weighted by Gasteiger charge is -2.17. The minimum absolute atomic E-state index is 0.425. The van der Waals surface area contributed by atoms with Crippen molar-refractivity contribution in [1.82, 2.24) is 29.9 Å². The molecule has 3 heterocycles. The van der Waals surface area contributed by atoms with Crippen molar-refractivity contribution in [2.75, 3.05) is 7.05 Å². The molecule has 0 aliphatic heterocycles. The van der Waals surface area contributed by atoms with Crippen molar-refractivity contribution >= 4 is 0 Å². The van der Waals surface area contributed by atoms with E-state index >= 15 is 0 Å². The predicted octanol–water partition coefficient (Wildman–Crippen LogP) is 2.96. The van der Waals surface area contributed by atoms with E-state index in [1.165, 1.54) is 16.8 Å². The quantitative estimate of drug-likeness (QED) is 0.757. The topological polar surface area (TPSA) is 62.6 Å². The summed E-state index contributed by atoms with van der Waals surface area (Å²) in [6.45, 7) is 6.04. The highest BCUT2D eigenvalue weighted by Gasteiger charge is 2.15. The van der Waals surface area contributed by atoms with Gasteiger partial charge in [0.2, 0.25) is 0 Å². The van der Waals surface area contributed by atoms with Gasteiger partial charge >= 0.3 is 0 Å². The van der Waals surface area contributed by atoms with E-state index in [0.717, 1.165) is 24.3 Å². The molecule has 0 saturated carbocycles. The van der Waals surface area contributed by atoms with Crippen LogP contribution in [0.5, 0.6) is 0 Å². The fraction of sp³-hybridized carbons (Fsp3) is 0.389. The zero-order chi connectivity index (χ0) is 17.1. The van der Waals surface area contributed by atoms with Crippen LogP contribution in [0.25, 0.3) is 11.3 Å². The van der Waals surface area contributed by atoms with Crippen LogP contribution in [0.3, 0.4) is 0 Å². The number of aryl methyl sites for hydroxylation is 1. The maximum atomic E-state index is 4.59. The number of rotatable bonds is 6. The van der Waals surface area contributed by atoms with Crippen LogP contribution in [0, 0.1) is 0 Å². The van der Waals surface area contributed by atoms with E-state index in [1.807, 2.05) is 36.3 Å². The molecule has 0 atom stereocenters. The van der Waals surface area contributed by atoms with Crippen molar-refractivity contribution in [2.45, 2.75) is 32.9 Å². The Hall–Kier alpha value is -2.47. The first-order valence-electron chi connectivity index (χ1n) is 8.18. The number of nitrogens with one attached hydrogen (secondary N) is 1. The van der Waals surface area contributed by atoms with Gasteiger partial charge in [0.1, 0.15) is 0 Å². The zero-order valence-corrected chi connectivity index (χ0v) is 14.7. The minimum Gasteiger partial charge on any atom is -0.298 e. The summed E-state index contributed by atoms with van der Waals surface area (Å²) in [5, 5.41) is 11.9. The maximum absolute atomic E-state index is 4.59. The van der Waals surface area contributed by atoms with Crippen LogP contribution < -0.4 is 0 Å². The lowest BCUT2D eigenvalue weighted by molar-refractivity contribution is 0.318. The van der Waals surface area contributed by atoms with Crippen molar-refractivity contribution in [1.29, 1.82) is 0 Å². The van der Waals surface area contributed by atoms with Crippen LogP contribution in [0.15, 0.2) is 36.9 Å². The van der Waals surface area contributed by atoms with E-state index in [2.05, 4.69) is 52.3 Å².